The molecule has 0 saturated heterocycles. The van der Waals surface area contributed by atoms with Crippen LogP contribution in [0.15, 0.2) is 24.4 Å². The van der Waals surface area contributed by atoms with Crippen molar-refractivity contribution < 1.29 is 0 Å². The molecule has 0 aromatic carbocycles. The third kappa shape index (κ3) is 111. The smallest absolute Gasteiger partial charge is 0.0264 e. The van der Waals surface area contributed by atoms with E-state index in [4.69, 9.17) is 5.73 Å². The fourth-order valence-electron chi connectivity index (χ4n) is 0. The van der Waals surface area contributed by atoms with E-state index in [1.54, 1.807) is 0 Å². The summed E-state index contributed by atoms with van der Waals surface area (Å²) in [6, 6.07) is 0. The summed E-state index contributed by atoms with van der Waals surface area (Å²) in [7, 11) is 0. The predicted octanol–water partition coefficient (Wildman–Crippen LogP) is 5.14. The molecule has 0 spiro atoms. The zero-order valence-corrected chi connectivity index (χ0v) is 12.0. The van der Waals surface area contributed by atoms with Gasteiger partial charge in [0.25, 0.3) is 0 Å². The second-order valence-electron chi connectivity index (χ2n) is 1.31. The molecule has 0 aliphatic rings. The average molecular weight is 203 g/mol. The van der Waals surface area contributed by atoms with Crippen LogP contribution in [0.5, 0.6) is 0 Å². The van der Waals surface area contributed by atoms with Crippen molar-refractivity contribution in [3.63, 3.8) is 0 Å². The lowest BCUT2D eigenvalue weighted by molar-refractivity contribution is 1.32. The highest BCUT2D eigenvalue weighted by atomic mass is 14.6. The summed E-state index contributed by atoms with van der Waals surface area (Å²) in [6.07, 6.45) is 0. The van der Waals surface area contributed by atoms with Gasteiger partial charge in [-0.25, -0.2) is 0 Å². The van der Waals surface area contributed by atoms with Gasteiger partial charge in [0, 0.05) is 5.70 Å². The standard InChI is InChI=1S/C5H9N.4C2H6/c1-4(2)5(3)6;4*1-2/h1,3,6H2,2H3;4*1-2H3. The number of hydrogen-bond donors (Lipinski definition) is 1. The van der Waals surface area contributed by atoms with Crippen LogP contribution in [0.4, 0.5) is 0 Å². The van der Waals surface area contributed by atoms with Crippen molar-refractivity contribution in [2.75, 3.05) is 0 Å². The summed E-state index contributed by atoms with van der Waals surface area (Å²) in [5, 5.41) is 0. The molecule has 0 aromatic heterocycles. The van der Waals surface area contributed by atoms with Crippen LogP contribution < -0.4 is 5.73 Å². The van der Waals surface area contributed by atoms with E-state index in [1.165, 1.54) is 0 Å². The lowest BCUT2D eigenvalue weighted by Crippen LogP contribution is -1.92. The molecular formula is C13H33N. The zero-order valence-electron chi connectivity index (χ0n) is 12.0. The molecule has 0 bridgehead atoms. The Balaban J connectivity index is -0.0000000287. The minimum Gasteiger partial charge on any atom is -0.399 e. The molecular weight excluding hydrogens is 170 g/mol. The Labute approximate surface area is 93.1 Å². The Kier molecular flexibility index (Phi) is 117. The molecule has 1 nitrogen and oxygen atoms in total. The van der Waals surface area contributed by atoms with Crippen molar-refractivity contribution in [3.8, 4) is 0 Å². The Bertz CT molecular complexity index is 71.2. The van der Waals surface area contributed by atoms with Crippen molar-refractivity contribution in [2.24, 2.45) is 5.73 Å². The maximum absolute atomic E-state index is 5.14. The van der Waals surface area contributed by atoms with Crippen LogP contribution in [0.1, 0.15) is 62.3 Å². The van der Waals surface area contributed by atoms with E-state index >= 15 is 0 Å². The average Bonchev–Trinajstić information content (AvgIpc) is 2.29. The fourth-order valence-corrected chi connectivity index (χ4v) is 0. The summed E-state index contributed by atoms with van der Waals surface area (Å²) in [6.45, 7) is 24.8. The minimum absolute atomic E-state index is 0.565. The lowest BCUT2D eigenvalue weighted by atomic mass is 10.3. The Morgan fingerprint density at radius 3 is 0.786 bits per heavy atom. The van der Waals surface area contributed by atoms with Crippen LogP contribution in [-0.2, 0) is 0 Å². The van der Waals surface area contributed by atoms with Gasteiger partial charge in [0.2, 0.25) is 0 Å². The van der Waals surface area contributed by atoms with Gasteiger partial charge in [-0.1, -0.05) is 68.5 Å². The molecule has 0 fully saturated rings. The second kappa shape index (κ2) is 56.0. The van der Waals surface area contributed by atoms with E-state index in [1.807, 2.05) is 62.3 Å². The molecule has 0 radical (unpaired) electrons. The van der Waals surface area contributed by atoms with E-state index in [2.05, 4.69) is 13.2 Å². The van der Waals surface area contributed by atoms with Crippen molar-refractivity contribution in [3.05, 3.63) is 24.4 Å². The van der Waals surface area contributed by atoms with Crippen LogP contribution >= 0.6 is 0 Å². The molecule has 0 unspecified atom stereocenters. The summed E-state index contributed by atoms with van der Waals surface area (Å²) >= 11 is 0. The van der Waals surface area contributed by atoms with Crippen LogP contribution in [0.3, 0.4) is 0 Å². The quantitative estimate of drug-likeness (QED) is 0.587. The first-order valence-corrected chi connectivity index (χ1v) is 5.75. The minimum atomic E-state index is 0.565. The zero-order chi connectivity index (χ0) is 13.2. The molecule has 0 rings (SSSR count). The van der Waals surface area contributed by atoms with Gasteiger partial charge < -0.3 is 5.73 Å². The SMILES string of the molecule is C=C(C)C(=C)N.CC.CC.CC.CC. The largest absolute Gasteiger partial charge is 0.399 e. The van der Waals surface area contributed by atoms with Crippen LogP contribution in [0, 0.1) is 0 Å². The third-order valence-corrected chi connectivity index (χ3v) is 0.548. The van der Waals surface area contributed by atoms with E-state index < -0.39 is 0 Å². The molecule has 0 aliphatic heterocycles. The molecule has 90 valence electrons. The molecule has 2 N–H and O–H groups in total. The molecule has 1 heteroatoms. The maximum atomic E-state index is 5.14. The first kappa shape index (κ1) is 29.2. The summed E-state index contributed by atoms with van der Waals surface area (Å²) in [4.78, 5) is 0. The molecule has 0 atom stereocenters. The first-order chi connectivity index (χ1) is 6.64. The molecule has 0 amide bonds. The first-order valence-electron chi connectivity index (χ1n) is 5.75. The summed E-state index contributed by atoms with van der Waals surface area (Å²) in [5.74, 6) is 0. The molecule has 14 heavy (non-hydrogen) atoms. The Hall–Kier alpha value is -0.720. The van der Waals surface area contributed by atoms with Gasteiger partial charge in [0.15, 0.2) is 0 Å². The molecule has 0 aromatic rings. The highest BCUT2D eigenvalue weighted by molar-refractivity contribution is 5.18. The number of hydrogen-bond acceptors (Lipinski definition) is 1. The number of rotatable bonds is 1. The Morgan fingerprint density at radius 2 is 0.786 bits per heavy atom. The van der Waals surface area contributed by atoms with Crippen molar-refractivity contribution >= 4 is 0 Å². The van der Waals surface area contributed by atoms with Gasteiger partial charge >= 0.3 is 0 Å². The van der Waals surface area contributed by atoms with Gasteiger partial charge in [-0.15, -0.1) is 0 Å². The normalized spacial score (nSPS) is 4.93. The fraction of sp³-hybridized carbons (Fsp3) is 0.692. The molecule has 0 aliphatic carbocycles. The van der Waals surface area contributed by atoms with Gasteiger partial charge in [0.05, 0.1) is 0 Å². The van der Waals surface area contributed by atoms with Gasteiger partial charge in [0.1, 0.15) is 0 Å². The molecule has 0 saturated carbocycles. The number of nitrogens with two attached hydrogens (primary N) is 1. The van der Waals surface area contributed by atoms with Gasteiger partial charge in [-0.2, -0.15) is 0 Å². The summed E-state index contributed by atoms with van der Waals surface area (Å²) < 4.78 is 0. The monoisotopic (exact) mass is 203 g/mol. The van der Waals surface area contributed by atoms with Crippen LogP contribution in [0.2, 0.25) is 0 Å². The number of allylic oxidation sites excluding steroid dienone is 1. The maximum Gasteiger partial charge on any atom is 0.0264 e. The lowest BCUT2D eigenvalue weighted by Gasteiger charge is -1.89. The Morgan fingerprint density at radius 1 is 0.714 bits per heavy atom. The molecule has 0 heterocycles. The predicted molar refractivity (Wildman–Crippen MR) is 73.5 cm³/mol. The van der Waals surface area contributed by atoms with Gasteiger partial charge in [-0.3, -0.25) is 0 Å². The highest BCUT2D eigenvalue weighted by Gasteiger charge is 1.77. The topological polar surface area (TPSA) is 26.0 Å². The van der Waals surface area contributed by atoms with Gasteiger partial charge in [-0.05, 0) is 12.5 Å². The third-order valence-electron chi connectivity index (χ3n) is 0.548. The second-order valence-corrected chi connectivity index (χ2v) is 1.31. The van der Waals surface area contributed by atoms with E-state index in [9.17, 15) is 0 Å². The summed E-state index contributed by atoms with van der Waals surface area (Å²) in [5.41, 5.74) is 6.55. The van der Waals surface area contributed by atoms with E-state index in [-0.39, 0.29) is 0 Å². The van der Waals surface area contributed by atoms with E-state index in [0.717, 1.165) is 5.57 Å². The van der Waals surface area contributed by atoms with E-state index in [0.29, 0.717) is 5.70 Å². The van der Waals surface area contributed by atoms with Crippen molar-refractivity contribution in [1.82, 2.24) is 0 Å². The van der Waals surface area contributed by atoms with Crippen molar-refractivity contribution in [2.45, 2.75) is 62.3 Å². The highest BCUT2D eigenvalue weighted by Crippen LogP contribution is 1.91. The van der Waals surface area contributed by atoms with Crippen LogP contribution in [-0.4, -0.2) is 0 Å². The van der Waals surface area contributed by atoms with Crippen LogP contribution in [0.25, 0.3) is 0 Å². The van der Waals surface area contributed by atoms with Crippen molar-refractivity contribution in [1.29, 1.82) is 0 Å².